The third kappa shape index (κ3) is 8.26. The van der Waals surface area contributed by atoms with Crippen LogP contribution in [0.4, 0.5) is 5.13 Å². The van der Waals surface area contributed by atoms with Crippen molar-refractivity contribution in [1.82, 2.24) is 15.5 Å². The molecule has 0 radical (unpaired) electrons. The maximum Gasteiger partial charge on any atom is 0.230 e. The molecule has 0 aliphatic rings. The molecule has 1 rings (SSSR count). The molecular formula is C14H26N4OS2. The number of nitrogens with one attached hydrogen (secondary N) is 2. The van der Waals surface area contributed by atoms with Gasteiger partial charge in [-0.25, -0.2) is 0 Å². The van der Waals surface area contributed by atoms with Crippen LogP contribution in [0, 0.1) is 5.92 Å². The van der Waals surface area contributed by atoms with Crippen LogP contribution in [0.25, 0.3) is 0 Å². The van der Waals surface area contributed by atoms with E-state index in [4.69, 9.17) is 0 Å². The summed E-state index contributed by atoms with van der Waals surface area (Å²) in [6, 6.07) is 0.239. The van der Waals surface area contributed by atoms with E-state index in [9.17, 15) is 4.79 Å². The first-order chi connectivity index (χ1) is 10.0. The summed E-state index contributed by atoms with van der Waals surface area (Å²) in [6.45, 7) is 9.36. The highest BCUT2D eigenvalue weighted by atomic mass is 32.2. The lowest BCUT2D eigenvalue weighted by atomic mass is 10.0. The van der Waals surface area contributed by atoms with Gasteiger partial charge in [0.25, 0.3) is 0 Å². The summed E-state index contributed by atoms with van der Waals surface area (Å²) in [4.78, 5) is 11.9. The number of hydrogen-bond donors (Lipinski definition) is 2. The minimum atomic E-state index is 0.0669. The van der Waals surface area contributed by atoms with Gasteiger partial charge >= 0.3 is 0 Å². The summed E-state index contributed by atoms with van der Waals surface area (Å²) in [5.74, 6) is 1.19. The molecule has 1 unspecified atom stereocenters. The van der Waals surface area contributed by atoms with Crippen molar-refractivity contribution in [3.05, 3.63) is 0 Å². The van der Waals surface area contributed by atoms with Crippen LogP contribution in [0.3, 0.4) is 0 Å². The van der Waals surface area contributed by atoms with Crippen LogP contribution in [-0.4, -0.2) is 34.4 Å². The Hall–Kier alpha value is -0.820. The molecular weight excluding hydrogens is 304 g/mol. The summed E-state index contributed by atoms with van der Waals surface area (Å²) in [5.41, 5.74) is 0. The molecule has 0 fully saturated rings. The summed E-state index contributed by atoms with van der Waals surface area (Å²) in [7, 11) is 0. The summed E-state index contributed by atoms with van der Waals surface area (Å²) >= 11 is 2.92. The van der Waals surface area contributed by atoms with Gasteiger partial charge in [-0.1, -0.05) is 49.8 Å². The van der Waals surface area contributed by atoms with E-state index in [1.165, 1.54) is 29.5 Å². The van der Waals surface area contributed by atoms with Gasteiger partial charge in [0, 0.05) is 12.6 Å². The van der Waals surface area contributed by atoms with E-state index in [2.05, 4.69) is 41.6 Å². The highest BCUT2D eigenvalue weighted by molar-refractivity contribution is 8.01. The Balaban J connectivity index is 2.20. The summed E-state index contributed by atoms with van der Waals surface area (Å²) in [6.07, 6.45) is 3.42. The number of nitrogens with zero attached hydrogens (tertiary/aromatic N) is 2. The lowest BCUT2D eigenvalue weighted by Gasteiger charge is -2.14. The van der Waals surface area contributed by atoms with Gasteiger partial charge < -0.3 is 10.6 Å². The van der Waals surface area contributed by atoms with Crippen molar-refractivity contribution in [1.29, 1.82) is 0 Å². The molecule has 0 aromatic carbocycles. The minimum absolute atomic E-state index is 0.0669. The average Bonchev–Trinajstić information content (AvgIpc) is 2.84. The largest absolute Gasteiger partial charge is 0.360 e. The number of thioether (sulfide) groups is 1. The van der Waals surface area contributed by atoms with Crippen LogP contribution >= 0.6 is 23.1 Å². The van der Waals surface area contributed by atoms with Crippen molar-refractivity contribution in [3.8, 4) is 0 Å². The molecule has 0 saturated carbocycles. The SMILES string of the molecule is CCNc1nnc(SCC(=O)NC(C)CCCC(C)C)s1. The molecule has 1 heterocycles. The van der Waals surface area contributed by atoms with E-state index < -0.39 is 0 Å². The predicted molar refractivity (Wildman–Crippen MR) is 91.1 cm³/mol. The molecule has 21 heavy (non-hydrogen) atoms. The molecule has 120 valence electrons. The lowest BCUT2D eigenvalue weighted by molar-refractivity contribution is -0.119. The highest BCUT2D eigenvalue weighted by Crippen LogP contribution is 2.25. The molecule has 1 amide bonds. The van der Waals surface area contributed by atoms with E-state index in [-0.39, 0.29) is 11.9 Å². The second kappa shape index (κ2) is 10.00. The number of carbonyl (C=O) groups excluding carboxylic acids is 1. The van der Waals surface area contributed by atoms with E-state index >= 15 is 0 Å². The second-order valence-corrected chi connectivity index (χ2v) is 7.69. The zero-order valence-corrected chi connectivity index (χ0v) is 14.9. The Morgan fingerprint density at radius 1 is 1.29 bits per heavy atom. The van der Waals surface area contributed by atoms with Crippen molar-refractivity contribution in [2.24, 2.45) is 5.92 Å². The standard InChI is InChI=1S/C14H26N4OS2/c1-5-15-13-17-18-14(21-13)20-9-12(19)16-11(4)8-6-7-10(2)3/h10-11H,5-9H2,1-4H3,(H,15,17)(H,16,19). The van der Waals surface area contributed by atoms with E-state index in [1.807, 2.05) is 6.92 Å². The smallest absolute Gasteiger partial charge is 0.230 e. The summed E-state index contributed by atoms with van der Waals surface area (Å²) < 4.78 is 0.827. The van der Waals surface area contributed by atoms with Gasteiger partial charge in [0.1, 0.15) is 0 Å². The molecule has 2 N–H and O–H groups in total. The third-order valence-electron chi connectivity index (χ3n) is 2.89. The Bertz CT molecular complexity index is 423. The third-order valence-corrected chi connectivity index (χ3v) is 4.90. The lowest BCUT2D eigenvalue weighted by Crippen LogP contribution is -2.33. The summed E-state index contributed by atoms with van der Waals surface area (Å²) in [5, 5.41) is 15.0. The van der Waals surface area contributed by atoms with Gasteiger partial charge in [0.05, 0.1) is 5.75 Å². The van der Waals surface area contributed by atoms with Gasteiger partial charge in [0.15, 0.2) is 4.34 Å². The molecule has 0 aliphatic heterocycles. The van der Waals surface area contributed by atoms with Crippen LogP contribution < -0.4 is 10.6 Å². The van der Waals surface area contributed by atoms with Crippen LogP contribution in [0.2, 0.25) is 0 Å². The van der Waals surface area contributed by atoms with Gasteiger partial charge in [-0.15, -0.1) is 10.2 Å². The van der Waals surface area contributed by atoms with E-state index in [1.54, 1.807) is 0 Å². The first-order valence-corrected chi connectivity index (χ1v) is 9.31. The van der Waals surface area contributed by atoms with Crippen molar-refractivity contribution in [2.75, 3.05) is 17.6 Å². The molecule has 0 bridgehead atoms. The van der Waals surface area contributed by atoms with Gasteiger partial charge in [-0.3, -0.25) is 4.79 Å². The number of rotatable bonds is 10. The van der Waals surface area contributed by atoms with Crippen LogP contribution in [0.1, 0.15) is 47.0 Å². The normalized spacial score (nSPS) is 12.4. The maximum atomic E-state index is 11.9. The zero-order valence-electron chi connectivity index (χ0n) is 13.3. The fraction of sp³-hybridized carbons (Fsp3) is 0.786. The Labute approximate surface area is 135 Å². The van der Waals surface area contributed by atoms with Gasteiger partial charge in [-0.05, 0) is 26.2 Å². The molecule has 1 atom stereocenters. The molecule has 1 aromatic rings. The fourth-order valence-electron chi connectivity index (χ4n) is 1.84. The molecule has 0 saturated heterocycles. The van der Waals surface area contributed by atoms with Crippen LogP contribution in [0.5, 0.6) is 0 Å². The molecule has 0 aliphatic carbocycles. The second-order valence-electron chi connectivity index (χ2n) is 5.49. The van der Waals surface area contributed by atoms with Gasteiger partial charge in [0.2, 0.25) is 11.0 Å². The van der Waals surface area contributed by atoms with Crippen LogP contribution in [-0.2, 0) is 4.79 Å². The quantitative estimate of drug-likeness (QED) is 0.644. The molecule has 1 aromatic heterocycles. The molecule has 0 spiro atoms. The number of carbonyl (C=O) groups is 1. The van der Waals surface area contributed by atoms with Crippen LogP contribution in [0.15, 0.2) is 4.34 Å². The number of aromatic nitrogens is 2. The molecule has 5 nitrogen and oxygen atoms in total. The zero-order chi connectivity index (χ0) is 15.7. The van der Waals surface area contributed by atoms with Gasteiger partial charge in [-0.2, -0.15) is 0 Å². The van der Waals surface area contributed by atoms with Crippen molar-refractivity contribution in [2.45, 2.75) is 57.3 Å². The number of amides is 1. The van der Waals surface area contributed by atoms with Crippen molar-refractivity contribution >= 4 is 34.1 Å². The van der Waals surface area contributed by atoms with Crippen molar-refractivity contribution in [3.63, 3.8) is 0 Å². The highest BCUT2D eigenvalue weighted by Gasteiger charge is 2.10. The molecule has 7 heteroatoms. The van der Waals surface area contributed by atoms with E-state index in [0.29, 0.717) is 5.75 Å². The first kappa shape index (κ1) is 18.2. The monoisotopic (exact) mass is 330 g/mol. The number of hydrogen-bond acceptors (Lipinski definition) is 6. The minimum Gasteiger partial charge on any atom is -0.360 e. The predicted octanol–water partition coefficient (Wildman–Crippen LogP) is 3.39. The average molecular weight is 331 g/mol. The fourth-order valence-corrected chi connectivity index (χ4v) is 3.47. The maximum absolute atomic E-state index is 11.9. The van der Waals surface area contributed by atoms with Crippen molar-refractivity contribution < 1.29 is 4.79 Å². The Morgan fingerprint density at radius 3 is 2.71 bits per heavy atom. The topological polar surface area (TPSA) is 66.9 Å². The number of anilines is 1. The first-order valence-electron chi connectivity index (χ1n) is 7.50. The Kier molecular flexibility index (Phi) is 8.68. The van der Waals surface area contributed by atoms with E-state index in [0.717, 1.165) is 34.8 Å². The Morgan fingerprint density at radius 2 is 2.05 bits per heavy atom.